The second kappa shape index (κ2) is 7.11. The van der Waals surface area contributed by atoms with Crippen LogP contribution in [0.1, 0.15) is 13.8 Å². The number of aliphatic hydroxyl groups excluding tert-OH is 1. The molecule has 1 aromatic carbocycles. The smallest absolute Gasteiger partial charge is 0.121 e. The molecule has 0 aromatic heterocycles. The first-order chi connectivity index (χ1) is 9.95. The van der Waals surface area contributed by atoms with E-state index in [1.165, 1.54) is 0 Å². The lowest BCUT2D eigenvalue weighted by Gasteiger charge is -2.43. The molecule has 3 unspecified atom stereocenters. The quantitative estimate of drug-likeness (QED) is 0.794. The summed E-state index contributed by atoms with van der Waals surface area (Å²) < 4.78 is 5.60. The van der Waals surface area contributed by atoms with E-state index in [0.29, 0.717) is 36.7 Å². The Hall–Kier alpha value is -1.30. The van der Waals surface area contributed by atoms with Crippen molar-refractivity contribution < 1.29 is 9.84 Å². The van der Waals surface area contributed by atoms with Crippen molar-refractivity contribution in [2.24, 2.45) is 0 Å². The number of aliphatic hydroxyl groups is 1. The van der Waals surface area contributed by atoms with Crippen LogP contribution in [0.5, 0.6) is 5.75 Å². The summed E-state index contributed by atoms with van der Waals surface area (Å²) in [5.41, 5.74) is 6.37. The number of β-amino-alcohol motifs (C(OH)–C–C–N with tert-alkyl or cyclic N) is 1. The van der Waals surface area contributed by atoms with E-state index >= 15 is 0 Å². The molecule has 3 N–H and O–H groups in total. The molecule has 1 aromatic rings. The fourth-order valence-corrected chi connectivity index (χ4v) is 2.81. The zero-order chi connectivity index (χ0) is 15.4. The monoisotopic (exact) mass is 293 g/mol. The fourth-order valence-electron chi connectivity index (χ4n) is 2.81. The minimum absolute atomic E-state index is 0.290. The van der Waals surface area contributed by atoms with Gasteiger partial charge in [-0.2, -0.15) is 0 Å². The maximum absolute atomic E-state index is 10.2. The first kappa shape index (κ1) is 16.1. The van der Waals surface area contributed by atoms with Crippen LogP contribution in [0.15, 0.2) is 24.3 Å². The number of nitrogen functional groups attached to an aromatic ring is 1. The molecule has 0 spiro atoms. The van der Waals surface area contributed by atoms with Crippen molar-refractivity contribution >= 4 is 5.69 Å². The third-order valence-electron chi connectivity index (χ3n) is 4.20. The summed E-state index contributed by atoms with van der Waals surface area (Å²) in [7, 11) is 2.16. The second-order valence-electron chi connectivity index (χ2n) is 6.12. The zero-order valence-corrected chi connectivity index (χ0v) is 13.2. The lowest BCUT2D eigenvalue weighted by Crippen LogP contribution is -2.56. The summed E-state index contributed by atoms with van der Waals surface area (Å²) in [5, 5.41) is 10.2. The summed E-state index contributed by atoms with van der Waals surface area (Å²) in [5.74, 6) is 0.703. The lowest BCUT2D eigenvalue weighted by atomic mass is 10.1. The van der Waals surface area contributed by atoms with E-state index in [1.54, 1.807) is 6.07 Å². The Kier molecular flexibility index (Phi) is 5.45. The van der Waals surface area contributed by atoms with Crippen LogP contribution in [-0.4, -0.2) is 66.4 Å². The Labute approximate surface area is 127 Å². The van der Waals surface area contributed by atoms with Crippen LogP contribution in [0, 0.1) is 0 Å². The first-order valence-electron chi connectivity index (χ1n) is 7.56. The Balaban J connectivity index is 1.78. The van der Waals surface area contributed by atoms with E-state index < -0.39 is 6.10 Å². The molecular weight excluding hydrogens is 266 g/mol. The highest BCUT2D eigenvalue weighted by atomic mass is 16.5. The minimum Gasteiger partial charge on any atom is -0.491 e. The molecule has 0 bridgehead atoms. The van der Waals surface area contributed by atoms with Gasteiger partial charge in [0.2, 0.25) is 0 Å². The van der Waals surface area contributed by atoms with Crippen molar-refractivity contribution in [2.75, 3.05) is 39.0 Å². The van der Waals surface area contributed by atoms with Gasteiger partial charge in [0.1, 0.15) is 18.5 Å². The molecule has 1 aliphatic rings. The molecular formula is C16H27N3O2. The molecule has 5 nitrogen and oxygen atoms in total. The van der Waals surface area contributed by atoms with Gasteiger partial charge in [-0.3, -0.25) is 9.80 Å². The van der Waals surface area contributed by atoms with Gasteiger partial charge in [-0.15, -0.1) is 0 Å². The predicted molar refractivity (Wildman–Crippen MR) is 85.5 cm³/mol. The van der Waals surface area contributed by atoms with Crippen molar-refractivity contribution in [3.8, 4) is 5.75 Å². The number of ether oxygens (including phenoxy) is 1. The lowest BCUT2D eigenvalue weighted by molar-refractivity contribution is 0.0149. The van der Waals surface area contributed by atoms with Crippen LogP contribution in [-0.2, 0) is 0 Å². The number of nitrogens with zero attached hydrogens (tertiary/aromatic N) is 2. The molecule has 1 fully saturated rings. The van der Waals surface area contributed by atoms with Gasteiger partial charge in [-0.1, -0.05) is 6.07 Å². The van der Waals surface area contributed by atoms with Crippen LogP contribution >= 0.6 is 0 Å². The summed E-state index contributed by atoms with van der Waals surface area (Å²) >= 11 is 0. The Morgan fingerprint density at radius 2 is 2.00 bits per heavy atom. The molecule has 2 rings (SSSR count). The van der Waals surface area contributed by atoms with Crippen molar-refractivity contribution in [1.82, 2.24) is 9.80 Å². The fraction of sp³-hybridized carbons (Fsp3) is 0.625. The topological polar surface area (TPSA) is 62.0 Å². The van der Waals surface area contributed by atoms with E-state index in [-0.39, 0.29) is 0 Å². The Morgan fingerprint density at radius 3 is 2.62 bits per heavy atom. The molecule has 118 valence electrons. The van der Waals surface area contributed by atoms with Gasteiger partial charge < -0.3 is 15.6 Å². The van der Waals surface area contributed by atoms with Crippen LogP contribution in [0.3, 0.4) is 0 Å². The third kappa shape index (κ3) is 4.59. The molecule has 5 heteroatoms. The summed E-state index contributed by atoms with van der Waals surface area (Å²) in [6.45, 7) is 7.34. The molecule has 0 saturated carbocycles. The predicted octanol–water partition coefficient (Wildman–Crippen LogP) is 1.03. The van der Waals surface area contributed by atoms with Crippen LogP contribution in [0.2, 0.25) is 0 Å². The first-order valence-corrected chi connectivity index (χ1v) is 7.56. The van der Waals surface area contributed by atoms with E-state index in [1.807, 2.05) is 18.2 Å². The molecule has 0 radical (unpaired) electrons. The van der Waals surface area contributed by atoms with Gasteiger partial charge >= 0.3 is 0 Å². The van der Waals surface area contributed by atoms with E-state index in [2.05, 4.69) is 30.7 Å². The van der Waals surface area contributed by atoms with E-state index in [0.717, 1.165) is 13.1 Å². The SMILES string of the molecule is CC1CN(CC(O)COc2cccc(N)c2)CC(C)N1C. The molecule has 1 aliphatic heterocycles. The number of nitrogens with two attached hydrogens (primary N) is 1. The summed E-state index contributed by atoms with van der Waals surface area (Å²) in [6.07, 6.45) is -0.491. The molecule has 0 amide bonds. The third-order valence-corrected chi connectivity index (χ3v) is 4.20. The highest BCUT2D eigenvalue weighted by Gasteiger charge is 2.27. The number of likely N-dealkylation sites (N-methyl/N-ethyl adjacent to an activating group) is 1. The normalized spacial score (nSPS) is 25.7. The number of hydrogen-bond donors (Lipinski definition) is 2. The highest BCUT2D eigenvalue weighted by molar-refractivity contribution is 5.43. The maximum atomic E-state index is 10.2. The Morgan fingerprint density at radius 1 is 1.33 bits per heavy atom. The van der Waals surface area contributed by atoms with Gasteiger partial charge in [0.25, 0.3) is 0 Å². The van der Waals surface area contributed by atoms with E-state index in [4.69, 9.17) is 10.5 Å². The zero-order valence-electron chi connectivity index (χ0n) is 13.2. The van der Waals surface area contributed by atoms with Crippen molar-refractivity contribution in [1.29, 1.82) is 0 Å². The van der Waals surface area contributed by atoms with Gasteiger partial charge in [0.05, 0.1) is 0 Å². The molecule has 1 saturated heterocycles. The average Bonchev–Trinajstić information content (AvgIpc) is 2.42. The number of benzene rings is 1. The number of rotatable bonds is 5. The second-order valence-corrected chi connectivity index (χ2v) is 6.12. The van der Waals surface area contributed by atoms with Crippen molar-refractivity contribution in [3.05, 3.63) is 24.3 Å². The summed E-state index contributed by atoms with van der Waals surface area (Å²) in [6, 6.07) is 8.30. The van der Waals surface area contributed by atoms with Crippen LogP contribution in [0.4, 0.5) is 5.69 Å². The number of anilines is 1. The van der Waals surface area contributed by atoms with Gasteiger partial charge in [0.15, 0.2) is 0 Å². The molecule has 0 aliphatic carbocycles. The van der Waals surface area contributed by atoms with Crippen LogP contribution < -0.4 is 10.5 Å². The van der Waals surface area contributed by atoms with Crippen molar-refractivity contribution in [3.63, 3.8) is 0 Å². The molecule has 21 heavy (non-hydrogen) atoms. The minimum atomic E-state index is -0.491. The highest BCUT2D eigenvalue weighted by Crippen LogP contribution is 2.16. The maximum Gasteiger partial charge on any atom is 0.121 e. The number of piperazine rings is 1. The standard InChI is InChI=1S/C16H27N3O2/c1-12-8-19(9-13(2)18(12)3)10-15(20)11-21-16-6-4-5-14(17)7-16/h4-7,12-13,15,20H,8-11,17H2,1-3H3. The Bertz CT molecular complexity index is 443. The summed E-state index contributed by atoms with van der Waals surface area (Å²) in [4.78, 5) is 4.69. The molecule has 3 atom stereocenters. The van der Waals surface area contributed by atoms with Gasteiger partial charge in [-0.25, -0.2) is 0 Å². The van der Waals surface area contributed by atoms with Gasteiger partial charge in [0, 0.05) is 43.5 Å². The van der Waals surface area contributed by atoms with Crippen LogP contribution in [0.25, 0.3) is 0 Å². The average molecular weight is 293 g/mol. The number of hydrogen-bond acceptors (Lipinski definition) is 5. The largest absolute Gasteiger partial charge is 0.491 e. The van der Waals surface area contributed by atoms with E-state index in [9.17, 15) is 5.11 Å². The van der Waals surface area contributed by atoms with Gasteiger partial charge in [-0.05, 0) is 33.0 Å². The molecule has 1 heterocycles. The van der Waals surface area contributed by atoms with Crippen molar-refractivity contribution in [2.45, 2.75) is 32.0 Å².